The van der Waals surface area contributed by atoms with Crippen molar-refractivity contribution in [2.24, 2.45) is 0 Å². The maximum absolute atomic E-state index is 9.60. The van der Waals surface area contributed by atoms with Crippen LogP contribution in [0, 0.1) is 0 Å². The van der Waals surface area contributed by atoms with Crippen molar-refractivity contribution in [2.45, 2.75) is 19.8 Å². The van der Waals surface area contributed by atoms with Crippen LogP contribution in [0.5, 0.6) is 0 Å². The molecule has 0 radical (unpaired) electrons. The summed E-state index contributed by atoms with van der Waals surface area (Å²) in [6, 6.07) is 0. The van der Waals surface area contributed by atoms with E-state index in [1.807, 2.05) is 6.92 Å². The van der Waals surface area contributed by atoms with Gasteiger partial charge in [-0.15, -0.1) is 39.5 Å². The SMILES string of the molecule is C=C.C=C.C=C.CCCC(=O)O. The van der Waals surface area contributed by atoms with E-state index < -0.39 is 5.97 Å². The average molecular weight is 172 g/mol. The van der Waals surface area contributed by atoms with Crippen molar-refractivity contribution in [3.05, 3.63) is 39.5 Å². The Morgan fingerprint density at radius 3 is 1.33 bits per heavy atom. The predicted octanol–water partition coefficient (Wildman–Crippen LogP) is 3.28. The summed E-state index contributed by atoms with van der Waals surface area (Å²) in [5.41, 5.74) is 0. The lowest BCUT2D eigenvalue weighted by molar-refractivity contribution is -0.137. The van der Waals surface area contributed by atoms with Gasteiger partial charge in [-0.25, -0.2) is 0 Å². The number of aliphatic carboxylic acids is 1. The highest BCUT2D eigenvalue weighted by molar-refractivity contribution is 5.66. The lowest BCUT2D eigenvalue weighted by atomic mass is 10.4. The minimum Gasteiger partial charge on any atom is -0.481 e. The molecule has 0 spiro atoms. The number of rotatable bonds is 2. The summed E-state index contributed by atoms with van der Waals surface area (Å²) in [5.74, 6) is -0.711. The van der Waals surface area contributed by atoms with E-state index in [-0.39, 0.29) is 0 Å². The summed E-state index contributed by atoms with van der Waals surface area (Å²) < 4.78 is 0. The Labute approximate surface area is 75.9 Å². The van der Waals surface area contributed by atoms with Gasteiger partial charge in [-0.1, -0.05) is 6.92 Å². The van der Waals surface area contributed by atoms with E-state index in [0.29, 0.717) is 6.42 Å². The summed E-state index contributed by atoms with van der Waals surface area (Å²) in [6.45, 7) is 19.8. The quantitative estimate of drug-likeness (QED) is 0.649. The van der Waals surface area contributed by atoms with E-state index >= 15 is 0 Å². The molecule has 0 aromatic rings. The van der Waals surface area contributed by atoms with E-state index in [0.717, 1.165) is 6.42 Å². The summed E-state index contributed by atoms with van der Waals surface area (Å²) in [7, 11) is 0. The number of carboxylic acid groups (broad SMARTS) is 1. The third-order valence-corrected chi connectivity index (χ3v) is 0.464. The molecular formula is C10H20O2. The first-order chi connectivity index (χ1) is 5.77. The molecule has 0 bridgehead atoms. The molecule has 0 aliphatic heterocycles. The van der Waals surface area contributed by atoms with Gasteiger partial charge in [-0.2, -0.15) is 0 Å². The molecule has 0 aromatic heterocycles. The first-order valence-electron chi connectivity index (χ1n) is 3.49. The van der Waals surface area contributed by atoms with Crippen molar-refractivity contribution in [1.29, 1.82) is 0 Å². The Kier molecular flexibility index (Phi) is 100. The van der Waals surface area contributed by atoms with Crippen LogP contribution in [-0.4, -0.2) is 11.1 Å². The lowest BCUT2D eigenvalue weighted by Crippen LogP contribution is -1.90. The zero-order chi connectivity index (χ0) is 11.0. The second kappa shape index (κ2) is 53.7. The van der Waals surface area contributed by atoms with Gasteiger partial charge in [0.25, 0.3) is 0 Å². The predicted molar refractivity (Wildman–Crippen MR) is 56.3 cm³/mol. The van der Waals surface area contributed by atoms with Crippen LogP contribution < -0.4 is 0 Å². The average Bonchev–Trinajstić information content (AvgIpc) is 2.14. The number of hydrogen-bond acceptors (Lipinski definition) is 1. The molecule has 0 aliphatic carbocycles. The summed E-state index contributed by atoms with van der Waals surface area (Å²) in [4.78, 5) is 9.60. The monoisotopic (exact) mass is 172 g/mol. The van der Waals surface area contributed by atoms with Gasteiger partial charge < -0.3 is 5.11 Å². The van der Waals surface area contributed by atoms with Crippen LogP contribution in [-0.2, 0) is 4.79 Å². The standard InChI is InChI=1S/C4H8O2.3C2H4/c1-2-3-4(5)6;3*1-2/h2-3H2,1H3,(H,5,6);3*1-2H2. The molecule has 0 saturated carbocycles. The molecule has 0 aliphatic rings. The van der Waals surface area contributed by atoms with Gasteiger partial charge in [-0.05, 0) is 6.42 Å². The zero-order valence-corrected chi connectivity index (χ0v) is 8.01. The summed E-state index contributed by atoms with van der Waals surface area (Å²) >= 11 is 0. The Bertz CT molecular complexity index is 75.2. The number of carbonyl (C=O) groups is 1. The smallest absolute Gasteiger partial charge is 0.303 e. The van der Waals surface area contributed by atoms with Crippen molar-refractivity contribution < 1.29 is 9.90 Å². The number of hydrogen-bond donors (Lipinski definition) is 1. The fourth-order valence-corrected chi connectivity index (χ4v) is 0.214. The largest absolute Gasteiger partial charge is 0.481 e. The highest BCUT2D eigenvalue weighted by atomic mass is 16.4. The van der Waals surface area contributed by atoms with Gasteiger partial charge in [0.1, 0.15) is 0 Å². The molecular weight excluding hydrogens is 152 g/mol. The molecule has 0 rings (SSSR count). The van der Waals surface area contributed by atoms with Crippen LogP contribution in [0.3, 0.4) is 0 Å². The van der Waals surface area contributed by atoms with E-state index in [2.05, 4.69) is 39.5 Å². The maximum atomic E-state index is 9.60. The van der Waals surface area contributed by atoms with Gasteiger partial charge in [-0.3, -0.25) is 4.79 Å². The van der Waals surface area contributed by atoms with Crippen molar-refractivity contribution in [3.63, 3.8) is 0 Å². The van der Waals surface area contributed by atoms with E-state index in [1.165, 1.54) is 0 Å². The van der Waals surface area contributed by atoms with Crippen molar-refractivity contribution in [2.75, 3.05) is 0 Å². The third kappa shape index (κ3) is 180. The van der Waals surface area contributed by atoms with E-state index in [1.54, 1.807) is 0 Å². The van der Waals surface area contributed by atoms with Gasteiger partial charge in [0.15, 0.2) is 0 Å². The Morgan fingerprint density at radius 2 is 1.33 bits per heavy atom. The molecule has 0 fully saturated rings. The molecule has 12 heavy (non-hydrogen) atoms. The van der Waals surface area contributed by atoms with Crippen LogP contribution in [0.15, 0.2) is 39.5 Å². The molecule has 0 unspecified atom stereocenters. The third-order valence-electron chi connectivity index (χ3n) is 0.464. The van der Waals surface area contributed by atoms with Gasteiger partial charge >= 0.3 is 5.97 Å². The Balaban J connectivity index is -0.0000000453. The van der Waals surface area contributed by atoms with Crippen molar-refractivity contribution in [3.8, 4) is 0 Å². The summed E-state index contributed by atoms with van der Waals surface area (Å²) in [5, 5.41) is 7.91. The molecule has 0 aromatic carbocycles. The number of carboxylic acids is 1. The molecule has 1 N–H and O–H groups in total. The highest BCUT2D eigenvalue weighted by Gasteiger charge is 1.87. The minimum atomic E-state index is -0.711. The minimum absolute atomic E-state index is 0.292. The van der Waals surface area contributed by atoms with Gasteiger partial charge in [0.05, 0.1) is 0 Å². The fraction of sp³-hybridized carbons (Fsp3) is 0.300. The second-order valence-corrected chi connectivity index (χ2v) is 1.14. The fourth-order valence-electron chi connectivity index (χ4n) is 0.214. The molecule has 0 heterocycles. The second-order valence-electron chi connectivity index (χ2n) is 1.14. The summed E-state index contributed by atoms with van der Waals surface area (Å²) in [6.07, 6.45) is 1.02. The zero-order valence-electron chi connectivity index (χ0n) is 8.01. The van der Waals surface area contributed by atoms with Crippen molar-refractivity contribution in [1.82, 2.24) is 0 Å². The highest BCUT2D eigenvalue weighted by Crippen LogP contribution is 1.82. The first kappa shape index (κ1) is 22.4. The maximum Gasteiger partial charge on any atom is 0.303 e. The van der Waals surface area contributed by atoms with Crippen LogP contribution in [0.4, 0.5) is 0 Å². The van der Waals surface area contributed by atoms with Gasteiger partial charge in [0.2, 0.25) is 0 Å². The molecule has 0 saturated heterocycles. The molecule has 0 amide bonds. The Hall–Kier alpha value is -1.31. The molecule has 2 nitrogen and oxygen atoms in total. The normalized spacial score (nSPS) is 5.08. The topological polar surface area (TPSA) is 37.3 Å². The van der Waals surface area contributed by atoms with Crippen LogP contribution in [0.1, 0.15) is 19.8 Å². The van der Waals surface area contributed by atoms with Crippen LogP contribution >= 0.6 is 0 Å². The molecule has 72 valence electrons. The van der Waals surface area contributed by atoms with Crippen LogP contribution in [0.25, 0.3) is 0 Å². The van der Waals surface area contributed by atoms with E-state index in [9.17, 15) is 4.79 Å². The molecule has 2 heteroatoms. The van der Waals surface area contributed by atoms with E-state index in [4.69, 9.17) is 5.11 Å². The lowest BCUT2D eigenvalue weighted by Gasteiger charge is -1.79. The molecule has 0 atom stereocenters. The van der Waals surface area contributed by atoms with Crippen molar-refractivity contribution >= 4 is 5.97 Å². The van der Waals surface area contributed by atoms with Crippen LogP contribution in [0.2, 0.25) is 0 Å². The Morgan fingerprint density at radius 1 is 1.08 bits per heavy atom. The van der Waals surface area contributed by atoms with Gasteiger partial charge in [0, 0.05) is 6.42 Å². The first-order valence-corrected chi connectivity index (χ1v) is 3.49.